The van der Waals surface area contributed by atoms with Crippen LogP contribution >= 0.6 is 0 Å². The second-order valence-corrected chi connectivity index (χ2v) is 5.31. The number of non-ortho nitro benzene ring substituents is 1. The minimum atomic E-state index is -0.370. The van der Waals surface area contributed by atoms with E-state index in [4.69, 9.17) is 4.42 Å². The standard InChI is InChI=1S/C17H23N3O3/c1-3-19(4-2)16(17-9-6-10-23-17)13-18-12-14-7-5-8-15(11-14)20(21)22/h5-11,16,18H,3-4,12-13H2,1-2H3. The van der Waals surface area contributed by atoms with Crippen LogP contribution in [0, 0.1) is 10.1 Å². The van der Waals surface area contributed by atoms with Gasteiger partial charge in [-0.05, 0) is 30.8 Å². The Balaban J connectivity index is 1.99. The van der Waals surface area contributed by atoms with Crippen LogP contribution in [0.5, 0.6) is 0 Å². The van der Waals surface area contributed by atoms with Gasteiger partial charge in [0.25, 0.3) is 5.69 Å². The third-order valence-corrected chi connectivity index (χ3v) is 3.91. The molecule has 0 saturated heterocycles. The minimum absolute atomic E-state index is 0.121. The van der Waals surface area contributed by atoms with Gasteiger partial charge < -0.3 is 9.73 Å². The van der Waals surface area contributed by atoms with Crippen molar-refractivity contribution in [3.8, 4) is 0 Å². The number of hydrogen-bond acceptors (Lipinski definition) is 5. The molecule has 0 amide bonds. The second-order valence-electron chi connectivity index (χ2n) is 5.31. The summed E-state index contributed by atoms with van der Waals surface area (Å²) in [6.45, 7) is 7.42. The zero-order valence-corrected chi connectivity index (χ0v) is 13.6. The topological polar surface area (TPSA) is 71.5 Å². The lowest BCUT2D eigenvalue weighted by atomic mass is 10.1. The highest BCUT2D eigenvalue weighted by molar-refractivity contribution is 5.34. The van der Waals surface area contributed by atoms with Crippen LogP contribution in [0.2, 0.25) is 0 Å². The molecule has 124 valence electrons. The first-order valence-corrected chi connectivity index (χ1v) is 7.87. The van der Waals surface area contributed by atoms with Crippen molar-refractivity contribution >= 4 is 5.69 Å². The number of nitro groups is 1. The molecule has 23 heavy (non-hydrogen) atoms. The maximum absolute atomic E-state index is 10.8. The van der Waals surface area contributed by atoms with E-state index in [1.54, 1.807) is 18.4 Å². The van der Waals surface area contributed by atoms with Gasteiger partial charge in [0.1, 0.15) is 5.76 Å². The van der Waals surface area contributed by atoms with E-state index in [0.717, 1.165) is 31.0 Å². The number of furan rings is 1. The van der Waals surface area contributed by atoms with Crippen molar-refractivity contribution in [2.24, 2.45) is 0 Å². The molecule has 2 rings (SSSR count). The van der Waals surface area contributed by atoms with Gasteiger partial charge in [0, 0.05) is 25.2 Å². The number of rotatable bonds is 9. The average molecular weight is 317 g/mol. The number of nitrogens with one attached hydrogen (secondary N) is 1. The molecule has 0 saturated carbocycles. The summed E-state index contributed by atoms with van der Waals surface area (Å²) in [7, 11) is 0. The third-order valence-electron chi connectivity index (χ3n) is 3.91. The second kappa shape index (κ2) is 8.45. The molecule has 6 heteroatoms. The summed E-state index contributed by atoms with van der Waals surface area (Å²) in [5.41, 5.74) is 1.02. The number of nitro benzene ring substituents is 1. The van der Waals surface area contributed by atoms with Crippen LogP contribution in [-0.4, -0.2) is 29.5 Å². The molecule has 1 aromatic heterocycles. The Morgan fingerprint density at radius 3 is 2.65 bits per heavy atom. The maximum Gasteiger partial charge on any atom is 0.269 e. The predicted molar refractivity (Wildman–Crippen MR) is 89.2 cm³/mol. The molecule has 1 heterocycles. The third kappa shape index (κ3) is 4.64. The fraction of sp³-hybridized carbons (Fsp3) is 0.412. The first-order valence-electron chi connectivity index (χ1n) is 7.87. The summed E-state index contributed by atoms with van der Waals surface area (Å²) in [6.07, 6.45) is 1.69. The summed E-state index contributed by atoms with van der Waals surface area (Å²) < 4.78 is 5.56. The molecular formula is C17H23N3O3. The van der Waals surface area contributed by atoms with Gasteiger partial charge in [-0.1, -0.05) is 26.0 Å². The highest BCUT2D eigenvalue weighted by atomic mass is 16.6. The van der Waals surface area contributed by atoms with Crippen molar-refractivity contribution in [3.63, 3.8) is 0 Å². The maximum atomic E-state index is 10.8. The molecule has 0 aliphatic heterocycles. The predicted octanol–water partition coefficient (Wildman–Crippen LogP) is 3.36. The van der Waals surface area contributed by atoms with Crippen molar-refractivity contribution in [1.82, 2.24) is 10.2 Å². The lowest BCUT2D eigenvalue weighted by molar-refractivity contribution is -0.384. The van der Waals surface area contributed by atoms with E-state index in [9.17, 15) is 10.1 Å². The van der Waals surface area contributed by atoms with Crippen LogP contribution in [0.1, 0.15) is 31.2 Å². The summed E-state index contributed by atoms with van der Waals surface area (Å²) in [5, 5.41) is 14.2. The molecular weight excluding hydrogens is 294 g/mol. The molecule has 6 nitrogen and oxygen atoms in total. The molecule has 1 N–H and O–H groups in total. The summed E-state index contributed by atoms with van der Waals surface area (Å²) in [5.74, 6) is 0.931. The first kappa shape index (κ1) is 17.2. The molecule has 0 radical (unpaired) electrons. The summed E-state index contributed by atoms with van der Waals surface area (Å²) in [4.78, 5) is 12.8. The van der Waals surface area contributed by atoms with Crippen LogP contribution in [0.3, 0.4) is 0 Å². The SMILES string of the molecule is CCN(CC)C(CNCc1cccc([N+](=O)[O-])c1)c1ccco1. The van der Waals surface area contributed by atoms with E-state index >= 15 is 0 Å². The van der Waals surface area contributed by atoms with Crippen LogP contribution < -0.4 is 5.32 Å². The first-order chi connectivity index (χ1) is 11.2. The molecule has 1 aromatic carbocycles. The number of nitrogens with zero attached hydrogens (tertiary/aromatic N) is 2. The van der Waals surface area contributed by atoms with Gasteiger partial charge >= 0.3 is 0 Å². The summed E-state index contributed by atoms with van der Waals surface area (Å²) >= 11 is 0. The van der Waals surface area contributed by atoms with Crippen LogP contribution in [0.25, 0.3) is 0 Å². The van der Waals surface area contributed by atoms with Crippen molar-refractivity contribution in [3.05, 3.63) is 64.1 Å². The molecule has 0 bridgehead atoms. The Morgan fingerprint density at radius 1 is 1.26 bits per heavy atom. The van der Waals surface area contributed by atoms with Crippen LogP contribution in [0.4, 0.5) is 5.69 Å². The lowest BCUT2D eigenvalue weighted by Crippen LogP contribution is -2.35. The lowest BCUT2D eigenvalue weighted by Gasteiger charge is -2.28. The smallest absolute Gasteiger partial charge is 0.269 e. The van der Waals surface area contributed by atoms with Gasteiger partial charge in [-0.3, -0.25) is 15.0 Å². The van der Waals surface area contributed by atoms with Crippen LogP contribution in [0.15, 0.2) is 47.1 Å². The quantitative estimate of drug-likeness (QED) is 0.567. The fourth-order valence-corrected chi connectivity index (χ4v) is 2.69. The monoisotopic (exact) mass is 317 g/mol. The molecule has 0 spiro atoms. The Labute approximate surface area is 136 Å². The number of hydrogen-bond donors (Lipinski definition) is 1. The van der Waals surface area contributed by atoms with Crippen molar-refractivity contribution in [1.29, 1.82) is 0 Å². The van der Waals surface area contributed by atoms with Gasteiger partial charge in [0.15, 0.2) is 0 Å². The molecule has 0 aliphatic carbocycles. The molecule has 1 unspecified atom stereocenters. The fourth-order valence-electron chi connectivity index (χ4n) is 2.69. The van der Waals surface area contributed by atoms with E-state index in [2.05, 4.69) is 24.1 Å². The Hall–Kier alpha value is -2.18. The normalized spacial score (nSPS) is 12.5. The Bertz CT molecular complexity index is 609. The Kier molecular flexibility index (Phi) is 6.31. The number of benzene rings is 1. The molecule has 0 aliphatic rings. The largest absolute Gasteiger partial charge is 0.468 e. The van der Waals surface area contributed by atoms with Crippen molar-refractivity contribution < 1.29 is 9.34 Å². The Morgan fingerprint density at radius 2 is 2.04 bits per heavy atom. The average Bonchev–Trinajstić information content (AvgIpc) is 3.09. The zero-order chi connectivity index (χ0) is 16.7. The van der Waals surface area contributed by atoms with Gasteiger partial charge in [-0.2, -0.15) is 0 Å². The van der Waals surface area contributed by atoms with E-state index in [0.29, 0.717) is 6.54 Å². The van der Waals surface area contributed by atoms with Gasteiger partial charge in [0.2, 0.25) is 0 Å². The van der Waals surface area contributed by atoms with E-state index in [1.165, 1.54) is 6.07 Å². The minimum Gasteiger partial charge on any atom is -0.468 e. The van der Waals surface area contributed by atoms with Gasteiger partial charge in [0.05, 0.1) is 17.2 Å². The van der Waals surface area contributed by atoms with Crippen molar-refractivity contribution in [2.75, 3.05) is 19.6 Å². The summed E-state index contributed by atoms with van der Waals surface area (Å²) in [6, 6.07) is 10.7. The van der Waals surface area contributed by atoms with Crippen molar-refractivity contribution in [2.45, 2.75) is 26.4 Å². The van der Waals surface area contributed by atoms with E-state index < -0.39 is 0 Å². The molecule has 1 atom stereocenters. The van der Waals surface area contributed by atoms with E-state index in [1.807, 2.05) is 18.2 Å². The number of likely N-dealkylation sites (N-methyl/N-ethyl adjacent to an activating group) is 1. The molecule has 0 fully saturated rings. The van der Waals surface area contributed by atoms with E-state index in [-0.39, 0.29) is 16.7 Å². The van der Waals surface area contributed by atoms with Gasteiger partial charge in [-0.15, -0.1) is 0 Å². The zero-order valence-electron chi connectivity index (χ0n) is 13.6. The molecule has 2 aromatic rings. The van der Waals surface area contributed by atoms with Crippen LogP contribution in [-0.2, 0) is 6.54 Å². The van der Waals surface area contributed by atoms with Gasteiger partial charge in [-0.25, -0.2) is 0 Å². The highest BCUT2D eigenvalue weighted by Crippen LogP contribution is 2.20. The highest BCUT2D eigenvalue weighted by Gasteiger charge is 2.20.